The van der Waals surface area contributed by atoms with E-state index < -0.39 is 0 Å². The van der Waals surface area contributed by atoms with Gasteiger partial charge in [-0.2, -0.15) is 0 Å². The van der Waals surface area contributed by atoms with Gasteiger partial charge in [0.2, 0.25) is 0 Å². The minimum absolute atomic E-state index is 0.819. The van der Waals surface area contributed by atoms with Gasteiger partial charge in [0, 0.05) is 6.04 Å². The van der Waals surface area contributed by atoms with Crippen LogP contribution in [0.2, 0.25) is 0 Å². The molecule has 0 heterocycles. The van der Waals surface area contributed by atoms with Crippen LogP contribution in [0.4, 0.5) is 0 Å². The fourth-order valence-corrected chi connectivity index (χ4v) is 1.99. The minimum atomic E-state index is 0.819. The van der Waals surface area contributed by atoms with E-state index >= 15 is 0 Å². The largest absolute Gasteiger partial charge is 0.314 e. The standard InChI is InChI=1S/C13H25N/c1-3-5-6-7-8-13(12-9-10-12)14-11-4-2/h3,12-14H,1,4-11H2,2H3. The van der Waals surface area contributed by atoms with Crippen molar-refractivity contribution in [3.8, 4) is 0 Å². The molecular weight excluding hydrogens is 170 g/mol. The summed E-state index contributed by atoms with van der Waals surface area (Å²) in [5.41, 5.74) is 0. The number of allylic oxidation sites excluding steroid dienone is 1. The molecule has 0 radical (unpaired) electrons. The molecule has 1 unspecified atom stereocenters. The fraction of sp³-hybridized carbons (Fsp3) is 0.846. The maximum Gasteiger partial charge on any atom is 0.00953 e. The molecule has 0 amide bonds. The monoisotopic (exact) mass is 195 g/mol. The predicted molar refractivity (Wildman–Crippen MR) is 63.5 cm³/mol. The van der Waals surface area contributed by atoms with Crippen molar-refractivity contribution in [3.63, 3.8) is 0 Å². The van der Waals surface area contributed by atoms with Crippen molar-refractivity contribution in [3.05, 3.63) is 12.7 Å². The van der Waals surface area contributed by atoms with Crippen molar-refractivity contribution in [2.45, 2.75) is 57.9 Å². The molecule has 1 aliphatic carbocycles. The molecule has 0 aromatic rings. The number of hydrogen-bond acceptors (Lipinski definition) is 1. The van der Waals surface area contributed by atoms with E-state index in [9.17, 15) is 0 Å². The van der Waals surface area contributed by atoms with Gasteiger partial charge >= 0.3 is 0 Å². The Labute approximate surface area is 89.0 Å². The van der Waals surface area contributed by atoms with Crippen LogP contribution in [-0.4, -0.2) is 12.6 Å². The van der Waals surface area contributed by atoms with E-state index in [-0.39, 0.29) is 0 Å². The van der Waals surface area contributed by atoms with Gasteiger partial charge < -0.3 is 5.32 Å². The molecule has 0 aromatic carbocycles. The maximum atomic E-state index is 3.76. The van der Waals surface area contributed by atoms with Gasteiger partial charge in [-0.3, -0.25) is 0 Å². The van der Waals surface area contributed by atoms with Gasteiger partial charge in [-0.1, -0.05) is 19.4 Å². The molecule has 1 heteroatoms. The fourth-order valence-electron chi connectivity index (χ4n) is 1.99. The van der Waals surface area contributed by atoms with Crippen LogP contribution in [0, 0.1) is 5.92 Å². The lowest BCUT2D eigenvalue weighted by atomic mass is 10.0. The highest BCUT2D eigenvalue weighted by Crippen LogP contribution is 2.34. The first-order valence-electron chi connectivity index (χ1n) is 6.22. The van der Waals surface area contributed by atoms with E-state index in [2.05, 4.69) is 18.8 Å². The number of hydrogen-bond donors (Lipinski definition) is 1. The molecule has 0 aromatic heterocycles. The van der Waals surface area contributed by atoms with Crippen LogP contribution in [-0.2, 0) is 0 Å². The topological polar surface area (TPSA) is 12.0 Å². The molecule has 0 bridgehead atoms. The molecule has 1 aliphatic rings. The molecule has 0 spiro atoms. The summed E-state index contributed by atoms with van der Waals surface area (Å²) in [7, 11) is 0. The average molecular weight is 195 g/mol. The third kappa shape index (κ3) is 4.80. The molecule has 1 saturated carbocycles. The van der Waals surface area contributed by atoms with Crippen molar-refractivity contribution in [2.75, 3.05) is 6.54 Å². The number of unbranched alkanes of at least 4 members (excludes halogenated alkanes) is 2. The van der Waals surface area contributed by atoms with Crippen LogP contribution in [0.3, 0.4) is 0 Å². The van der Waals surface area contributed by atoms with Crippen LogP contribution in [0.25, 0.3) is 0 Å². The second-order valence-electron chi connectivity index (χ2n) is 4.47. The molecule has 0 aliphatic heterocycles. The van der Waals surface area contributed by atoms with Crippen LogP contribution in [0.15, 0.2) is 12.7 Å². The van der Waals surface area contributed by atoms with Gasteiger partial charge in [-0.25, -0.2) is 0 Å². The molecule has 0 saturated heterocycles. The predicted octanol–water partition coefficient (Wildman–Crippen LogP) is 3.51. The highest BCUT2D eigenvalue weighted by Gasteiger charge is 2.29. The summed E-state index contributed by atoms with van der Waals surface area (Å²) in [6, 6.07) is 0.819. The first-order valence-corrected chi connectivity index (χ1v) is 6.22. The first-order chi connectivity index (χ1) is 6.88. The van der Waals surface area contributed by atoms with Crippen LogP contribution in [0.1, 0.15) is 51.9 Å². The minimum Gasteiger partial charge on any atom is -0.314 e. The van der Waals surface area contributed by atoms with Crippen LogP contribution < -0.4 is 5.32 Å². The summed E-state index contributed by atoms with van der Waals surface area (Å²) in [4.78, 5) is 0. The van der Waals surface area contributed by atoms with E-state index in [0.29, 0.717) is 0 Å². The molecule has 82 valence electrons. The lowest BCUT2D eigenvalue weighted by Crippen LogP contribution is -2.31. The summed E-state index contributed by atoms with van der Waals surface area (Å²) in [5.74, 6) is 1.00. The van der Waals surface area contributed by atoms with Crippen molar-refractivity contribution in [1.29, 1.82) is 0 Å². The Bertz CT molecular complexity index is 149. The quantitative estimate of drug-likeness (QED) is 0.438. The summed E-state index contributed by atoms with van der Waals surface area (Å²) in [6.45, 7) is 7.20. The van der Waals surface area contributed by atoms with Gasteiger partial charge in [0.1, 0.15) is 0 Å². The summed E-state index contributed by atoms with van der Waals surface area (Å²) in [5, 5.41) is 3.68. The molecule has 1 nitrogen and oxygen atoms in total. The van der Waals surface area contributed by atoms with Gasteiger partial charge in [0.25, 0.3) is 0 Å². The first kappa shape index (κ1) is 11.8. The van der Waals surface area contributed by atoms with E-state index in [1.165, 1.54) is 51.5 Å². The lowest BCUT2D eigenvalue weighted by molar-refractivity contribution is 0.420. The van der Waals surface area contributed by atoms with Crippen LogP contribution >= 0.6 is 0 Å². The van der Waals surface area contributed by atoms with E-state index in [1.807, 2.05) is 6.08 Å². The van der Waals surface area contributed by atoms with E-state index in [1.54, 1.807) is 0 Å². The van der Waals surface area contributed by atoms with Gasteiger partial charge in [0.15, 0.2) is 0 Å². The Morgan fingerprint density at radius 2 is 2.21 bits per heavy atom. The highest BCUT2D eigenvalue weighted by molar-refractivity contribution is 4.86. The Hall–Kier alpha value is -0.300. The highest BCUT2D eigenvalue weighted by atomic mass is 14.9. The normalized spacial score (nSPS) is 18.1. The van der Waals surface area contributed by atoms with Gasteiger partial charge in [-0.15, -0.1) is 6.58 Å². The van der Waals surface area contributed by atoms with Gasteiger partial charge in [0.05, 0.1) is 0 Å². The van der Waals surface area contributed by atoms with Gasteiger partial charge in [-0.05, 0) is 51.0 Å². The molecule has 14 heavy (non-hydrogen) atoms. The lowest BCUT2D eigenvalue weighted by Gasteiger charge is -2.17. The average Bonchev–Trinajstić information content (AvgIpc) is 3.00. The zero-order valence-corrected chi connectivity index (χ0v) is 9.60. The van der Waals surface area contributed by atoms with E-state index in [0.717, 1.165) is 12.0 Å². The number of nitrogens with one attached hydrogen (secondary N) is 1. The van der Waals surface area contributed by atoms with Crippen molar-refractivity contribution in [2.24, 2.45) is 5.92 Å². The molecule has 1 rings (SSSR count). The van der Waals surface area contributed by atoms with E-state index in [4.69, 9.17) is 0 Å². The molecular formula is C13H25N. The SMILES string of the molecule is C=CCCCCC(NCCC)C1CC1. The number of rotatable bonds is 9. The second kappa shape index (κ2) is 7.05. The van der Waals surface area contributed by atoms with Crippen molar-refractivity contribution >= 4 is 0 Å². The summed E-state index contributed by atoms with van der Waals surface area (Å²) >= 11 is 0. The molecule has 1 fully saturated rings. The molecule has 1 atom stereocenters. The Morgan fingerprint density at radius 1 is 1.43 bits per heavy atom. The second-order valence-corrected chi connectivity index (χ2v) is 4.47. The molecule has 1 N–H and O–H groups in total. The van der Waals surface area contributed by atoms with Crippen molar-refractivity contribution in [1.82, 2.24) is 5.32 Å². The zero-order valence-electron chi connectivity index (χ0n) is 9.60. The smallest absolute Gasteiger partial charge is 0.00953 e. The Morgan fingerprint density at radius 3 is 2.79 bits per heavy atom. The summed E-state index contributed by atoms with van der Waals surface area (Å²) in [6.07, 6.45) is 11.5. The zero-order chi connectivity index (χ0) is 10.2. The Kier molecular flexibility index (Phi) is 5.93. The van der Waals surface area contributed by atoms with Crippen molar-refractivity contribution < 1.29 is 0 Å². The third-order valence-corrected chi connectivity index (χ3v) is 3.02. The Balaban J connectivity index is 2.05. The maximum absolute atomic E-state index is 3.76. The third-order valence-electron chi connectivity index (χ3n) is 3.02. The summed E-state index contributed by atoms with van der Waals surface area (Å²) < 4.78 is 0. The van der Waals surface area contributed by atoms with Crippen LogP contribution in [0.5, 0.6) is 0 Å².